The zero-order chi connectivity index (χ0) is 21.9. The van der Waals surface area contributed by atoms with Gasteiger partial charge in [0.25, 0.3) is 10.0 Å². The molecule has 1 saturated heterocycles. The average molecular weight is 432 g/mol. The summed E-state index contributed by atoms with van der Waals surface area (Å²) in [5.41, 5.74) is 1.03. The predicted molar refractivity (Wildman–Crippen MR) is 111 cm³/mol. The molecule has 0 aromatic heterocycles. The summed E-state index contributed by atoms with van der Waals surface area (Å²) in [6.45, 7) is 3.93. The van der Waals surface area contributed by atoms with E-state index in [0.29, 0.717) is 33.7 Å². The van der Waals surface area contributed by atoms with Crippen LogP contribution in [0.25, 0.3) is 0 Å². The van der Waals surface area contributed by atoms with Gasteiger partial charge >= 0.3 is 0 Å². The molecule has 9 heteroatoms. The van der Waals surface area contributed by atoms with Gasteiger partial charge in [-0.05, 0) is 56.2 Å². The maximum atomic E-state index is 13.2. The summed E-state index contributed by atoms with van der Waals surface area (Å²) in [6, 6.07) is 10.0. The van der Waals surface area contributed by atoms with Crippen LogP contribution in [0.1, 0.15) is 25.3 Å². The molecule has 2 aromatic rings. The van der Waals surface area contributed by atoms with E-state index in [1.165, 1.54) is 25.3 Å². The Labute approximate surface area is 175 Å². The van der Waals surface area contributed by atoms with Gasteiger partial charge in [-0.1, -0.05) is 12.1 Å². The maximum absolute atomic E-state index is 13.2. The molecule has 2 amide bonds. The lowest BCUT2D eigenvalue weighted by Gasteiger charge is -2.24. The Morgan fingerprint density at radius 2 is 1.93 bits per heavy atom. The summed E-state index contributed by atoms with van der Waals surface area (Å²) in [5.74, 6) is -0.190. The smallest absolute Gasteiger partial charge is 0.267 e. The van der Waals surface area contributed by atoms with Gasteiger partial charge in [0.2, 0.25) is 11.8 Å². The first-order valence-electron chi connectivity index (χ1n) is 9.54. The molecule has 0 aliphatic carbocycles. The number of para-hydroxylation sites is 2. The minimum absolute atomic E-state index is 0.0282. The second kappa shape index (κ2) is 8.74. The molecule has 0 unspecified atom stereocenters. The second-order valence-electron chi connectivity index (χ2n) is 6.80. The Balaban J connectivity index is 1.90. The standard InChI is InChI=1S/C21H24N2O6S/c1-4-29-19-8-6-5-7-16(19)22-21(25)17-10-12-20(24)23(17)30(26,27)15-9-11-18(28-3)14(2)13-15/h5-9,11,13,17H,4,10,12H2,1-3H3,(H,22,25)/t17-/m0/s1. The second-order valence-corrected chi connectivity index (χ2v) is 8.61. The fourth-order valence-corrected chi connectivity index (χ4v) is 5.08. The zero-order valence-electron chi connectivity index (χ0n) is 17.0. The van der Waals surface area contributed by atoms with Gasteiger partial charge in [-0.3, -0.25) is 9.59 Å². The van der Waals surface area contributed by atoms with Crippen LogP contribution in [0.15, 0.2) is 47.4 Å². The Kier molecular flexibility index (Phi) is 6.31. The Morgan fingerprint density at radius 1 is 1.20 bits per heavy atom. The summed E-state index contributed by atoms with van der Waals surface area (Å²) in [6.07, 6.45) is 0.0788. The van der Waals surface area contributed by atoms with E-state index in [4.69, 9.17) is 9.47 Å². The normalized spacial score (nSPS) is 16.4. The zero-order valence-corrected chi connectivity index (χ0v) is 17.9. The molecule has 160 valence electrons. The average Bonchev–Trinajstić information content (AvgIpc) is 3.12. The molecule has 3 rings (SSSR count). The first kappa shape index (κ1) is 21.6. The lowest BCUT2D eigenvalue weighted by atomic mass is 10.2. The third-order valence-corrected chi connectivity index (χ3v) is 6.66. The van der Waals surface area contributed by atoms with Gasteiger partial charge < -0.3 is 14.8 Å². The van der Waals surface area contributed by atoms with Crippen molar-refractivity contribution in [2.75, 3.05) is 19.0 Å². The number of methoxy groups -OCH3 is 1. The van der Waals surface area contributed by atoms with E-state index in [-0.39, 0.29) is 17.7 Å². The predicted octanol–water partition coefficient (Wildman–Crippen LogP) is 2.72. The largest absolute Gasteiger partial charge is 0.496 e. The van der Waals surface area contributed by atoms with Crippen LogP contribution in [-0.2, 0) is 19.6 Å². The van der Waals surface area contributed by atoms with Crippen LogP contribution >= 0.6 is 0 Å². The molecule has 1 N–H and O–H groups in total. The molecule has 1 atom stereocenters. The van der Waals surface area contributed by atoms with Crippen LogP contribution in [0.4, 0.5) is 5.69 Å². The quantitative estimate of drug-likeness (QED) is 0.722. The Bertz CT molecular complexity index is 1070. The van der Waals surface area contributed by atoms with Crippen molar-refractivity contribution in [1.29, 1.82) is 0 Å². The summed E-state index contributed by atoms with van der Waals surface area (Å²) in [4.78, 5) is 25.3. The molecule has 0 spiro atoms. The van der Waals surface area contributed by atoms with Crippen LogP contribution in [0.2, 0.25) is 0 Å². The molecule has 0 saturated carbocycles. The number of rotatable bonds is 7. The minimum atomic E-state index is -4.21. The summed E-state index contributed by atoms with van der Waals surface area (Å²) in [7, 11) is -2.72. The molecular weight excluding hydrogens is 408 g/mol. The van der Waals surface area contributed by atoms with E-state index < -0.39 is 27.9 Å². The van der Waals surface area contributed by atoms with Crippen molar-refractivity contribution in [3.8, 4) is 11.5 Å². The van der Waals surface area contributed by atoms with Gasteiger partial charge in [0.15, 0.2) is 0 Å². The van der Waals surface area contributed by atoms with E-state index in [9.17, 15) is 18.0 Å². The molecule has 2 aromatic carbocycles. The Hall–Kier alpha value is -3.07. The van der Waals surface area contributed by atoms with Crippen molar-refractivity contribution >= 4 is 27.5 Å². The van der Waals surface area contributed by atoms with E-state index >= 15 is 0 Å². The highest BCUT2D eigenvalue weighted by Crippen LogP contribution is 2.31. The molecule has 1 aliphatic heterocycles. The monoisotopic (exact) mass is 432 g/mol. The fourth-order valence-electron chi connectivity index (χ4n) is 3.39. The fraction of sp³-hybridized carbons (Fsp3) is 0.333. The van der Waals surface area contributed by atoms with Crippen LogP contribution in [0.3, 0.4) is 0 Å². The number of anilines is 1. The topological polar surface area (TPSA) is 102 Å². The number of carbonyl (C=O) groups excluding carboxylic acids is 2. The molecule has 8 nitrogen and oxygen atoms in total. The number of nitrogens with zero attached hydrogens (tertiary/aromatic N) is 1. The van der Waals surface area contributed by atoms with Gasteiger partial charge in [0.05, 0.1) is 24.3 Å². The van der Waals surface area contributed by atoms with Gasteiger partial charge in [0, 0.05) is 6.42 Å². The molecule has 0 radical (unpaired) electrons. The van der Waals surface area contributed by atoms with E-state index in [1.807, 2.05) is 6.92 Å². The molecule has 1 fully saturated rings. The molecule has 0 bridgehead atoms. The first-order chi connectivity index (χ1) is 14.3. The van der Waals surface area contributed by atoms with E-state index in [2.05, 4.69) is 5.32 Å². The summed E-state index contributed by atoms with van der Waals surface area (Å²) >= 11 is 0. The van der Waals surface area contributed by atoms with Crippen LogP contribution in [-0.4, -0.2) is 44.3 Å². The van der Waals surface area contributed by atoms with Gasteiger partial charge in [-0.15, -0.1) is 0 Å². The minimum Gasteiger partial charge on any atom is -0.496 e. The molecular formula is C21H24N2O6S. The van der Waals surface area contributed by atoms with Crippen LogP contribution < -0.4 is 14.8 Å². The molecule has 30 heavy (non-hydrogen) atoms. The number of aryl methyl sites for hydroxylation is 1. The highest BCUT2D eigenvalue weighted by Gasteiger charge is 2.44. The number of hydrogen-bond donors (Lipinski definition) is 1. The lowest BCUT2D eigenvalue weighted by molar-refractivity contribution is -0.128. The van der Waals surface area contributed by atoms with Crippen molar-refractivity contribution in [3.05, 3.63) is 48.0 Å². The van der Waals surface area contributed by atoms with Crippen molar-refractivity contribution in [2.24, 2.45) is 0 Å². The third kappa shape index (κ3) is 4.11. The summed E-state index contributed by atoms with van der Waals surface area (Å²) in [5, 5.41) is 2.70. The van der Waals surface area contributed by atoms with Gasteiger partial charge in [-0.25, -0.2) is 12.7 Å². The number of nitrogens with one attached hydrogen (secondary N) is 1. The maximum Gasteiger partial charge on any atom is 0.267 e. The number of sulfonamides is 1. The number of benzene rings is 2. The lowest BCUT2D eigenvalue weighted by Crippen LogP contribution is -2.45. The van der Waals surface area contributed by atoms with Crippen molar-refractivity contribution in [2.45, 2.75) is 37.6 Å². The SMILES string of the molecule is CCOc1ccccc1NC(=O)[C@@H]1CCC(=O)N1S(=O)(=O)c1ccc(OC)c(C)c1. The van der Waals surface area contributed by atoms with E-state index in [0.717, 1.165) is 0 Å². The number of amides is 2. The van der Waals surface area contributed by atoms with Gasteiger partial charge in [-0.2, -0.15) is 0 Å². The summed E-state index contributed by atoms with van der Waals surface area (Å²) < 4.78 is 37.7. The Morgan fingerprint density at radius 3 is 2.60 bits per heavy atom. The highest BCUT2D eigenvalue weighted by atomic mass is 32.2. The molecule has 1 aliphatic rings. The number of carbonyl (C=O) groups is 2. The third-order valence-electron chi connectivity index (χ3n) is 4.83. The van der Waals surface area contributed by atoms with Crippen molar-refractivity contribution in [3.63, 3.8) is 0 Å². The first-order valence-corrected chi connectivity index (χ1v) is 11.0. The van der Waals surface area contributed by atoms with Crippen LogP contribution in [0, 0.1) is 6.92 Å². The number of ether oxygens (including phenoxy) is 2. The van der Waals surface area contributed by atoms with E-state index in [1.54, 1.807) is 31.2 Å². The molecule has 1 heterocycles. The van der Waals surface area contributed by atoms with Gasteiger partial charge in [0.1, 0.15) is 17.5 Å². The highest BCUT2D eigenvalue weighted by molar-refractivity contribution is 7.89. The number of hydrogen-bond acceptors (Lipinski definition) is 6. The van der Waals surface area contributed by atoms with Crippen LogP contribution in [0.5, 0.6) is 11.5 Å². The van der Waals surface area contributed by atoms with Crippen molar-refractivity contribution in [1.82, 2.24) is 4.31 Å². The van der Waals surface area contributed by atoms with Crippen molar-refractivity contribution < 1.29 is 27.5 Å².